The average Bonchev–Trinajstić information content (AvgIpc) is 2.06. The molecule has 72 valence electrons. The lowest BCUT2D eigenvalue weighted by Gasteiger charge is -2.10. The Hall–Kier alpha value is -1.21. The van der Waals surface area contributed by atoms with Crippen molar-refractivity contribution in [2.45, 2.75) is 0 Å². The summed E-state index contributed by atoms with van der Waals surface area (Å²) in [5.74, 6) is -2.05. The predicted molar refractivity (Wildman–Crippen MR) is 43.3 cm³/mol. The van der Waals surface area contributed by atoms with E-state index in [1.54, 1.807) is 4.72 Å². The van der Waals surface area contributed by atoms with Crippen molar-refractivity contribution in [3.8, 4) is 0 Å². The Morgan fingerprint density at radius 2 is 2.08 bits per heavy atom. The minimum Gasteiger partial charge on any atom is -0.755 e. The van der Waals surface area contributed by atoms with Crippen LogP contribution in [0.15, 0.2) is 12.1 Å². The standard InChI is InChI=1S/C6H6F2N2O2S/c7-3-1-2-4(10-13(11)12)5(8)6(3)9/h1-2,10H,9H2,(H,11,12)/p-1. The maximum Gasteiger partial charge on any atom is 0.173 e. The third-order valence-electron chi connectivity index (χ3n) is 1.32. The third-order valence-corrected chi connectivity index (χ3v) is 1.71. The number of nitrogens with one attached hydrogen (secondary N) is 1. The highest BCUT2D eigenvalue weighted by atomic mass is 32.2. The Morgan fingerprint density at radius 1 is 1.46 bits per heavy atom. The van der Waals surface area contributed by atoms with Crippen molar-refractivity contribution < 1.29 is 17.5 Å². The molecule has 4 nitrogen and oxygen atoms in total. The maximum absolute atomic E-state index is 12.9. The Kier molecular flexibility index (Phi) is 2.79. The molecular formula is C6H5F2N2O2S-. The average molecular weight is 207 g/mol. The van der Waals surface area contributed by atoms with Crippen LogP contribution in [0.4, 0.5) is 20.2 Å². The number of rotatable bonds is 2. The van der Waals surface area contributed by atoms with Crippen LogP contribution in [0.2, 0.25) is 0 Å². The maximum atomic E-state index is 12.9. The van der Waals surface area contributed by atoms with Crippen LogP contribution in [0.5, 0.6) is 0 Å². The highest BCUT2D eigenvalue weighted by molar-refractivity contribution is 7.80. The zero-order valence-corrected chi connectivity index (χ0v) is 7.03. The van der Waals surface area contributed by atoms with E-state index in [0.717, 1.165) is 12.1 Å². The highest BCUT2D eigenvalue weighted by Crippen LogP contribution is 2.22. The SMILES string of the molecule is Nc1c(F)ccc(NS(=O)[O-])c1F. The lowest BCUT2D eigenvalue weighted by Crippen LogP contribution is -2.06. The Morgan fingerprint density at radius 3 is 2.62 bits per heavy atom. The van der Waals surface area contributed by atoms with Gasteiger partial charge < -0.3 is 15.0 Å². The quantitative estimate of drug-likeness (QED) is 0.555. The van der Waals surface area contributed by atoms with Gasteiger partial charge in [0.05, 0.1) is 5.69 Å². The Balaban J connectivity index is 3.10. The number of benzene rings is 1. The Bertz CT molecular complexity index is 359. The normalized spacial score (nSPS) is 12.5. The van der Waals surface area contributed by atoms with Crippen LogP contribution in [-0.4, -0.2) is 8.76 Å². The molecule has 0 amide bonds. The molecule has 7 heteroatoms. The molecule has 0 saturated carbocycles. The van der Waals surface area contributed by atoms with Crippen LogP contribution in [-0.2, 0) is 11.3 Å². The minimum absolute atomic E-state index is 0.382. The molecule has 0 aliphatic heterocycles. The molecule has 0 heterocycles. The second-order valence-corrected chi connectivity index (χ2v) is 2.83. The fourth-order valence-electron chi connectivity index (χ4n) is 0.738. The fraction of sp³-hybridized carbons (Fsp3) is 0. The molecule has 13 heavy (non-hydrogen) atoms. The summed E-state index contributed by atoms with van der Waals surface area (Å²) in [5, 5.41) is 0. The first-order valence-electron chi connectivity index (χ1n) is 3.11. The summed E-state index contributed by atoms with van der Waals surface area (Å²) in [4.78, 5) is 0. The minimum atomic E-state index is -2.66. The predicted octanol–water partition coefficient (Wildman–Crippen LogP) is 0.753. The lowest BCUT2D eigenvalue weighted by atomic mass is 10.2. The molecule has 0 aliphatic rings. The van der Waals surface area contributed by atoms with Gasteiger partial charge in [0.15, 0.2) is 5.82 Å². The lowest BCUT2D eigenvalue weighted by molar-refractivity contribution is 0.541. The first kappa shape index (κ1) is 9.87. The van der Waals surface area contributed by atoms with Gasteiger partial charge in [0.2, 0.25) is 0 Å². The van der Waals surface area contributed by atoms with Crippen LogP contribution in [0, 0.1) is 11.6 Å². The van der Waals surface area contributed by atoms with Crippen molar-refractivity contribution in [1.82, 2.24) is 0 Å². The van der Waals surface area contributed by atoms with Gasteiger partial charge in [0, 0.05) is 11.3 Å². The van der Waals surface area contributed by atoms with Gasteiger partial charge in [-0.1, -0.05) is 0 Å². The van der Waals surface area contributed by atoms with E-state index in [1.807, 2.05) is 0 Å². The van der Waals surface area contributed by atoms with Gasteiger partial charge in [-0.05, 0) is 12.1 Å². The smallest absolute Gasteiger partial charge is 0.173 e. The number of hydrogen-bond acceptors (Lipinski definition) is 3. The molecule has 0 radical (unpaired) electrons. The van der Waals surface area contributed by atoms with Crippen LogP contribution in [0.1, 0.15) is 0 Å². The molecule has 0 saturated heterocycles. The summed E-state index contributed by atoms with van der Waals surface area (Å²) in [5.41, 5.74) is 3.87. The molecule has 0 spiro atoms. The van der Waals surface area contributed by atoms with E-state index in [9.17, 15) is 17.5 Å². The topological polar surface area (TPSA) is 78.2 Å². The molecule has 1 unspecified atom stereocenters. The number of hydrogen-bond donors (Lipinski definition) is 2. The second kappa shape index (κ2) is 3.67. The van der Waals surface area contributed by atoms with Crippen LogP contribution in [0.25, 0.3) is 0 Å². The van der Waals surface area contributed by atoms with Gasteiger partial charge in [-0.3, -0.25) is 4.21 Å². The summed E-state index contributed by atoms with van der Waals surface area (Å²) in [7, 11) is 0. The number of nitrogen functional groups attached to an aromatic ring is 1. The van der Waals surface area contributed by atoms with E-state index >= 15 is 0 Å². The van der Waals surface area contributed by atoms with Gasteiger partial charge in [0.25, 0.3) is 0 Å². The van der Waals surface area contributed by atoms with Crippen molar-refractivity contribution in [1.29, 1.82) is 0 Å². The zero-order valence-electron chi connectivity index (χ0n) is 6.21. The van der Waals surface area contributed by atoms with Gasteiger partial charge in [-0.25, -0.2) is 8.78 Å². The van der Waals surface area contributed by atoms with Gasteiger partial charge in [-0.15, -0.1) is 0 Å². The molecule has 1 aromatic rings. The second-order valence-electron chi connectivity index (χ2n) is 2.16. The van der Waals surface area contributed by atoms with Gasteiger partial charge in [-0.2, -0.15) is 0 Å². The van der Waals surface area contributed by atoms with E-state index in [2.05, 4.69) is 0 Å². The van der Waals surface area contributed by atoms with E-state index in [-0.39, 0.29) is 5.69 Å². The van der Waals surface area contributed by atoms with Crippen LogP contribution in [0.3, 0.4) is 0 Å². The molecule has 1 aromatic carbocycles. The highest BCUT2D eigenvalue weighted by Gasteiger charge is 2.09. The summed E-state index contributed by atoms with van der Waals surface area (Å²) >= 11 is -2.66. The van der Waals surface area contributed by atoms with Crippen molar-refractivity contribution >= 4 is 22.6 Å². The molecular weight excluding hydrogens is 202 g/mol. The monoisotopic (exact) mass is 207 g/mol. The van der Waals surface area contributed by atoms with E-state index < -0.39 is 28.6 Å². The number of anilines is 2. The summed E-state index contributed by atoms with van der Waals surface area (Å²) in [6.07, 6.45) is 0. The molecule has 3 N–H and O–H groups in total. The van der Waals surface area contributed by atoms with Crippen molar-refractivity contribution in [2.75, 3.05) is 10.5 Å². The zero-order chi connectivity index (χ0) is 10.0. The van der Waals surface area contributed by atoms with Crippen LogP contribution >= 0.6 is 0 Å². The summed E-state index contributed by atoms with van der Waals surface area (Å²) < 4.78 is 47.4. The van der Waals surface area contributed by atoms with Crippen molar-refractivity contribution in [2.24, 2.45) is 0 Å². The number of halogens is 2. The van der Waals surface area contributed by atoms with E-state index in [0.29, 0.717) is 0 Å². The third kappa shape index (κ3) is 2.13. The molecule has 0 aromatic heterocycles. The van der Waals surface area contributed by atoms with Gasteiger partial charge >= 0.3 is 0 Å². The van der Waals surface area contributed by atoms with Crippen molar-refractivity contribution in [3.05, 3.63) is 23.8 Å². The van der Waals surface area contributed by atoms with E-state index in [1.165, 1.54) is 0 Å². The first-order chi connectivity index (χ1) is 6.02. The first-order valence-corrected chi connectivity index (χ1v) is 4.19. The Labute approximate surface area is 75.2 Å². The van der Waals surface area contributed by atoms with Crippen molar-refractivity contribution in [3.63, 3.8) is 0 Å². The largest absolute Gasteiger partial charge is 0.755 e. The van der Waals surface area contributed by atoms with E-state index in [4.69, 9.17) is 5.73 Å². The fourth-order valence-corrected chi connectivity index (χ4v) is 1.08. The van der Waals surface area contributed by atoms with Gasteiger partial charge in [0.1, 0.15) is 11.5 Å². The molecule has 1 rings (SSSR count). The van der Waals surface area contributed by atoms with Crippen LogP contribution < -0.4 is 10.5 Å². The molecule has 0 bridgehead atoms. The molecule has 0 fully saturated rings. The summed E-state index contributed by atoms with van der Waals surface area (Å²) in [6.45, 7) is 0. The summed E-state index contributed by atoms with van der Waals surface area (Å²) in [6, 6.07) is 1.81. The number of nitrogens with two attached hydrogens (primary N) is 1. The molecule has 0 aliphatic carbocycles. The molecule has 1 atom stereocenters.